The van der Waals surface area contributed by atoms with Gasteiger partial charge in [-0.15, -0.1) is 0 Å². The molecule has 0 aliphatic rings. The van der Waals surface area contributed by atoms with Crippen LogP contribution >= 0.6 is 0 Å². The molecule has 0 aliphatic heterocycles. The van der Waals surface area contributed by atoms with Crippen LogP contribution in [0.25, 0.3) is 11.3 Å². The number of fused-ring (bicyclic) bond motifs is 1. The SMILES string of the molecule is Cc1cc(-n2cncn2)c2ncc(C=O)n2c1. The Kier molecular flexibility index (Phi) is 2.01. The van der Waals surface area contributed by atoms with E-state index in [2.05, 4.69) is 15.1 Å². The number of carbonyl (C=O) groups excluding carboxylic acids is 1. The molecule has 0 saturated heterocycles. The van der Waals surface area contributed by atoms with E-state index in [1.165, 1.54) is 6.33 Å². The highest BCUT2D eigenvalue weighted by atomic mass is 16.1. The Bertz CT molecular complexity index is 683. The average Bonchev–Trinajstić information content (AvgIpc) is 2.96. The highest BCUT2D eigenvalue weighted by Crippen LogP contribution is 2.17. The largest absolute Gasteiger partial charge is 0.296 e. The summed E-state index contributed by atoms with van der Waals surface area (Å²) in [5, 5.41) is 4.08. The molecule has 0 amide bonds. The lowest BCUT2D eigenvalue weighted by Crippen LogP contribution is -2.01. The fourth-order valence-electron chi connectivity index (χ4n) is 1.81. The summed E-state index contributed by atoms with van der Waals surface area (Å²) >= 11 is 0. The molecule has 84 valence electrons. The maximum absolute atomic E-state index is 10.9. The lowest BCUT2D eigenvalue weighted by molar-refractivity contribution is 0.111. The van der Waals surface area contributed by atoms with Crippen LogP contribution in [0.2, 0.25) is 0 Å². The lowest BCUT2D eigenvalue weighted by Gasteiger charge is -2.05. The first-order valence-corrected chi connectivity index (χ1v) is 5.07. The summed E-state index contributed by atoms with van der Waals surface area (Å²) in [6, 6.07) is 1.95. The van der Waals surface area contributed by atoms with Gasteiger partial charge in [-0.25, -0.2) is 14.6 Å². The molecule has 0 aromatic carbocycles. The van der Waals surface area contributed by atoms with Crippen molar-refractivity contribution in [3.05, 3.63) is 42.4 Å². The second-order valence-corrected chi connectivity index (χ2v) is 3.74. The molecule has 0 radical (unpaired) electrons. The summed E-state index contributed by atoms with van der Waals surface area (Å²) in [5.74, 6) is 0. The number of aryl methyl sites for hydroxylation is 1. The molecular weight excluding hydrogens is 218 g/mol. The van der Waals surface area contributed by atoms with Gasteiger partial charge in [0, 0.05) is 6.20 Å². The Morgan fingerprint density at radius 3 is 3.00 bits per heavy atom. The summed E-state index contributed by atoms with van der Waals surface area (Å²) in [6.07, 6.45) is 7.26. The Hall–Kier alpha value is -2.50. The molecule has 3 aromatic rings. The third-order valence-corrected chi connectivity index (χ3v) is 2.54. The van der Waals surface area contributed by atoms with Crippen molar-refractivity contribution in [3.63, 3.8) is 0 Å². The van der Waals surface area contributed by atoms with Crippen LogP contribution in [0.1, 0.15) is 16.1 Å². The molecule has 0 unspecified atom stereocenters. The van der Waals surface area contributed by atoms with Crippen LogP contribution < -0.4 is 0 Å². The standard InChI is InChI=1S/C11H9N5O/c1-8-2-10(16-7-12-6-14-16)11-13-3-9(5-17)15(11)4-8/h2-7H,1H3. The van der Waals surface area contributed by atoms with Crippen molar-refractivity contribution >= 4 is 11.9 Å². The molecule has 17 heavy (non-hydrogen) atoms. The number of rotatable bonds is 2. The third-order valence-electron chi connectivity index (χ3n) is 2.54. The highest BCUT2D eigenvalue weighted by Gasteiger charge is 2.10. The van der Waals surface area contributed by atoms with Crippen LogP contribution in [-0.2, 0) is 0 Å². The van der Waals surface area contributed by atoms with E-state index in [1.54, 1.807) is 21.6 Å². The molecule has 0 aliphatic carbocycles. The van der Waals surface area contributed by atoms with Crippen LogP contribution in [0.15, 0.2) is 31.1 Å². The van der Waals surface area contributed by atoms with E-state index < -0.39 is 0 Å². The molecule has 3 rings (SSSR count). The number of nitrogens with zero attached hydrogens (tertiary/aromatic N) is 5. The molecule has 0 bridgehead atoms. The van der Waals surface area contributed by atoms with Crippen LogP contribution in [0.4, 0.5) is 0 Å². The molecule has 3 aromatic heterocycles. The first-order chi connectivity index (χ1) is 8.29. The van der Waals surface area contributed by atoms with Crippen LogP contribution in [0, 0.1) is 6.92 Å². The van der Waals surface area contributed by atoms with Crippen molar-refractivity contribution in [2.45, 2.75) is 6.92 Å². The maximum Gasteiger partial charge on any atom is 0.168 e. The third kappa shape index (κ3) is 1.42. The minimum Gasteiger partial charge on any atom is -0.296 e. The number of hydrogen-bond donors (Lipinski definition) is 0. The predicted molar refractivity (Wildman–Crippen MR) is 60.2 cm³/mol. The van der Waals surface area contributed by atoms with Gasteiger partial charge >= 0.3 is 0 Å². The van der Waals surface area contributed by atoms with E-state index in [1.807, 2.05) is 19.2 Å². The molecule has 0 N–H and O–H groups in total. The summed E-state index contributed by atoms with van der Waals surface area (Å²) in [5.41, 5.74) is 3.02. The minimum atomic E-state index is 0.519. The van der Waals surface area contributed by atoms with Crippen molar-refractivity contribution in [1.29, 1.82) is 0 Å². The molecular formula is C11H9N5O. The van der Waals surface area contributed by atoms with Crippen LogP contribution in [-0.4, -0.2) is 30.4 Å². The monoisotopic (exact) mass is 227 g/mol. The molecule has 6 heteroatoms. The van der Waals surface area contributed by atoms with Crippen molar-refractivity contribution < 1.29 is 4.79 Å². The molecule has 0 saturated carbocycles. The van der Waals surface area contributed by atoms with Gasteiger partial charge in [0.2, 0.25) is 0 Å². The van der Waals surface area contributed by atoms with Gasteiger partial charge in [0.25, 0.3) is 0 Å². The molecule has 0 spiro atoms. The van der Waals surface area contributed by atoms with Crippen molar-refractivity contribution in [2.24, 2.45) is 0 Å². The first kappa shape index (κ1) is 9.71. The zero-order chi connectivity index (χ0) is 11.8. The number of pyridine rings is 1. The van der Waals surface area contributed by atoms with Gasteiger partial charge in [0.15, 0.2) is 11.9 Å². The van der Waals surface area contributed by atoms with Gasteiger partial charge in [0.1, 0.15) is 24.0 Å². The topological polar surface area (TPSA) is 65.1 Å². The Morgan fingerprint density at radius 2 is 2.29 bits per heavy atom. The van der Waals surface area contributed by atoms with Crippen molar-refractivity contribution in [2.75, 3.05) is 0 Å². The number of aldehydes is 1. The normalized spacial score (nSPS) is 10.9. The number of carbonyl (C=O) groups is 1. The van der Waals surface area contributed by atoms with Crippen LogP contribution in [0.5, 0.6) is 0 Å². The average molecular weight is 227 g/mol. The molecule has 3 heterocycles. The number of aromatic nitrogens is 5. The zero-order valence-electron chi connectivity index (χ0n) is 9.11. The summed E-state index contributed by atoms with van der Waals surface area (Å²) in [7, 11) is 0. The van der Waals surface area contributed by atoms with E-state index in [4.69, 9.17) is 0 Å². The maximum atomic E-state index is 10.9. The fourth-order valence-corrected chi connectivity index (χ4v) is 1.81. The number of imidazole rings is 1. The summed E-state index contributed by atoms with van der Waals surface area (Å²) < 4.78 is 3.38. The molecule has 0 fully saturated rings. The Labute approximate surface area is 96.5 Å². The summed E-state index contributed by atoms with van der Waals surface area (Å²) in [4.78, 5) is 19.0. The molecule has 6 nitrogen and oxygen atoms in total. The van der Waals surface area contributed by atoms with Gasteiger partial charge in [-0.1, -0.05) is 0 Å². The quantitative estimate of drug-likeness (QED) is 0.613. The van der Waals surface area contributed by atoms with E-state index in [-0.39, 0.29) is 0 Å². The fraction of sp³-hybridized carbons (Fsp3) is 0.0909. The van der Waals surface area contributed by atoms with Gasteiger partial charge in [0.05, 0.1) is 6.20 Å². The number of hydrogen-bond acceptors (Lipinski definition) is 4. The van der Waals surface area contributed by atoms with Gasteiger partial charge in [-0.2, -0.15) is 5.10 Å². The van der Waals surface area contributed by atoms with Gasteiger partial charge < -0.3 is 0 Å². The van der Waals surface area contributed by atoms with Gasteiger partial charge in [-0.05, 0) is 18.6 Å². The van der Waals surface area contributed by atoms with Crippen molar-refractivity contribution in [3.8, 4) is 5.69 Å². The van der Waals surface area contributed by atoms with E-state index >= 15 is 0 Å². The second-order valence-electron chi connectivity index (χ2n) is 3.74. The summed E-state index contributed by atoms with van der Waals surface area (Å²) in [6.45, 7) is 1.95. The van der Waals surface area contributed by atoms with Crippen molar-refractivity contribution in [1.82, 2.24) is 24.1 Å². The lowest BCUT2D eigenvalue weighted by atomic mass is 10.3. The first-order valence-electron chi connectivity index (χ1n) is 5.07. The predicted octanol–water partition coefficient (Wildman–Crippen LogP) is 1.04. The van der Waals surface area contributed by atoms with Gasteiger partial charge in [-0.3, -0.25) is 9.20 Å². The second kappa shape index (κ2) is 3.51. The Balaban J connectivity index is 2.38. The van der Waals surface area contributed by atoms with E-state index in [0.717, 1.165) is 17.5 Å². The smallest absolute Gasteiger partial charge is 0.168 e. The van der Waals surface area contributed by atoms with Crippen LogP contribution in [0.3, 0.4) is 0 Å². The zero-order valence-corrected chi connectivity index (χ0v) is 9.11. The van der Waals surface area contributed by atoms with E-state index in [9.17, 15) is 4.79 Å². The van der Waals surface area contributed by atoms with E-state index in [0.29, 0.717) is 11.3 Å². The highest BCUT2D eigenvalue weighted by molar-refractivity contribution is 5.76. The minimum absolute atomic E-state index is 0.519. The Morgan fingerprint density at radius 1 is 1.41 bits per heavy atom. The molecule has 0 atom stereocenters.